The van der Waals surface area contributed by atoms with Crippen molar-refractivity contribution in [1.29, 1.82) is 0 Å². The van der Waals surface area contributed by atoms with Gasteiger partial charge in [-0.3, -0.25) is 4.98 Å². The van der Waals surface area contributed by atoms with Crippen LogP contribution in [0.2, 0.25) is 0 Å². The molecule has 17 heavy (non-hydrogen) atoms. The molecule has 0 bridgehead atoms. The summed E-state index contributed by atoms with van der Waals surface area (Å²) in [6, 6.07) is 6.17. The molecule has 2 aromatic rings. The van der Waals surface area contributed by atoms with Crippen molar-refractivity contribution < 1.29 is 9.84 Å². The zero-order valence-corrected chi connectivity index (χ0v) is 10.0. The number of benzene rings is 1. The van der Waals surface area contributed by atoms with E-state index in [1.807, 2.05) is 13.0 Å². The number of hydrogen-bond donors (Lipinski definition) is 1. The number of ether oxygens (including phenoxy) is 1. The number of fused-ring (bicyclic) bond motifs is 3. The van der Waals surface area contributed by atoms with Crippen LogP contribution in [0.5, 0.6) is 5.75 Å². The van der Waals surface area contributed by atoms with Crippen LogP contribution >= 0.6 is 0 Å². The first kappa shape index (κ1) is 10.5. The molecule has 3 heteroatoms. The van der Waals surface area contributed by atoms with Gasteiger partial charge in [-0.25, -0.2) is 0 Å². The number of aryl methyl sites for hydroxylation is 2. The lowest BCUT2D eigenvalue weighted by molar-refractivity contribution is 0.136. The van der Waals surface area contributed by atoms with Gasteiger partial charge in [0.2, 0.25) is 0 Å². The highest BCUT2D eigenvalue weighted by atomic mass is 16.5. The fourth-order valence-corrected chi connectivity index (χ4v) is 2.42. The minimum Gasteiger partial charge on any atom is -0.487 e. The molecule has 1 aromatic heterocycles. The van der Waals surface area contributed by atoms with Crippen molar-refractivity contribution in [2.24, 2.45) is 0 Å². The summed E-state index contributed by atoms with van der Waals surface area (Å²) in [4.78, 5) is 4.60. The van der Waals surface area contributed by atoms with E-state index in [-0.39, 0.29) is 12.7 Å². The maximum atomic E-state index is 9.21. The summed E-state index contributed by atoms with van der Waals surface area (Å²) < 4.78 is 5.82. The zero-order chi connectivity index (χ0) is 12.0. The van der Waals surface area contributed by atoms with Crippen molar-refractivity contribution >= 4 is 10.9 Å². The Morgan fingerprint density at radius 1 is 1.41 bits per heavy atom. The third kappa shape index (κ3) is 1.58. The largest absolute Gasteiger partial charge is 0.487 e. The summed E-state index contributed by atoms with van der Waals surface area (Å²) in [7, 11) is 0. The highest BCUT2D eigenvalue weighted by Gasteiger charge is 2.26. The molecule has 3 nitrogen and oxygen atoms in total. The Bertz CT molecular complexity index is 592. The summed E-state index contributed by atoms with van der Waals surface area (Å²) in [5.74, 6) is 0.912. The molecule has 0 amide bonds. The van der Waals surface area contributed by atoms with E-state index in [9.17, 15) is 5.11 Å². The summed E-state index contributed by atoms with van der Waals surface area (Å²) >= 11 is 0. The molecule has 0 radical (unpaired) electrons. The lowest BCUT2D eigenvalue weighted by atomic mass is 10.0. The average molecular weight is 229 g/mol. The highest BCUT2D eigenvalue weighted by Crippen LogP contribution is 2.37. The normalized spacial score (nSPS) is 18.2. The first-order valence-electron chi connectivity index (χ1n) is 5.86. The molecule has 1 N–H and O–H groups in total. The van der Waals surface area contributed by atoms with Gasteiger partial charge >= 0.3 is 0 Å². The van der Waals surface area contributed by atoms with Gasteiger partial charge in [0, 0.05) is 23.1 Å². The van der Waals surface area contributed by atoms with Crippen molar-refractivity contribution in [2.45, 2.75) is 26.4 Å². The van der Waals surface area contributed by atoms with Crippen LogP contribution in [0.3, 0.4) is 0 Å². The molecule has 0 saturated heterocycles. The van der Waals surface area contributed by atoms with Gasteiger partial charge in [-0.15, -0.1) is 0 Å². The predicted octanol–water partition coefficient (Wildman–Crippen LogP) is 2.15. The molecule has 1 aromatic carbocycles. The van der Waals surface area contributed by atoms with Gasteiger partial charge < -0.3 is 9.84 Å². The Morgan fingerprint density at radius 2 is 2.24 bits per heavy atom. The summed E-state index contributed by atoms with van der Waals surface area (Å²) in [6.07, 6.45) is 0.644. The average Bonchev–Trinajstić information content (AvgIpc) is 2.75. The molecule has 2 heterocycles. The first-order chi connectivity index (χ1) is 8.19. The van der Waals surface area contributed by atoms with Gasteiger partial charge in [0.25, 0.3) is 0 Å². The molecule has 1 aliphatic rings. The molecule has 0 fully saturated rings. The van der Waals surface area contributed by atoms with Gasteiger partial charge in [-0.05, 0) is 26.0 Å². The molecule has 0 spiro atoms. The maximum absolute atomic E-state index is 9.21. The van der Waals surface area contributed by atoms with E-state index >= 15 is 0 Å². The van der Waals surface area contributed by atoms with E-state index < -0.39 is 0 Å². The maximum Gasteiger partial charge on any atom is 0.134 e. The Balaban J connectivity index is 2.28. The van der Waals surface area contributed by atoms with E-state index in [0.29, 0.717) is 0 Å². The highest BCUT2D eigenvalue weighted by molar-refractivity contribution is 5.88. The van der Waals surface area contributed by atoms with Gasteiger partial charge in [0.1, 0.15) is 11.9 Å². The van der Waals surface area contributed by atoms with Gasteiger partial charge in [0.05, 0.1) is 12.1 Å². The first-order valence-corrected chi connectivity index (χ1v) is 5.86. The SMILES string of the molecule is Cc1ccc2nc(C)c3c(c2c1)O[C@H](CO)C3. The van der Waals surface area contributed by atoms with Crippen LogP contribution in [0.25, 0.3) is 10.9 Å². The van der Waals surface area contributed by atoms with Crippen molar-refractivity contribution in [3.63, 3.8) is 0 Å². The van der Waals surface area contributed by atoms with Crippen LogP contribution in [0, 0.1) is 13.8 Å². The number of aliphatic hydroxyl groups excluding tert-OH is 1. The Morgan fingerprint density at radius 3 is 3.00 bits per heavy atom. The number of rotatable bonds is 1. The topological polar surface area (TPSA) is 42.4 Å². The van der Waals surface area contributed by atoms with Crippen LogP contribution in [0.4, 0.5) is 0 Å². The Hall–Kier alpha value is -1.61. The fraction of sp³-hybridized carbons (Fsp3) is 0.357. The smallest absolute Gasteiger partial charge is 0.134 e. The number of pyridine rings is 1. The Labute approximate surface area is 100 Å². The van der Waals surface area contributed by atoms with Gasteiger partial charge in [-0.1, -0.05) is 11.6 Å². The molecule has 1 atom stereocenters. The van der Waals surface area contributed by atoms with Crippen LogP contribution in [-0.4, -0.2) is 22.8 Å². The minimum absolute atomic E-state index is 0.0570. The number of hydrogen-bond acceptors (Lipinski definition) is 3. The van der Waals surface area contributed by atoms with Crippen LogP contribution in [0.15, 0.2) is 18.2 Å². The quantitative estimate of drug-likeness (QED) is 0.814. The monoisotopic (exact) mass is 229 g/mol. The minimum atomic E-state index is -0.114. The summed E-state index contributed by atoms with van der Waals surface area (Å²) in [6.45, 7) is 4.12. The van der Waals surface area contributed by atoms with Crippen molar-refractivity contribution in [3.05, 3.63) is 35.0 Å². The lowest BCUT2D eigenvalue weighted by Crippen LogP contribution is -2.17. The van der Waals surface area contributed by atoms with E-state index in [1.54, 1.807) is 0 Å². The molecular formula is C14H15NO2. The molecule has 1 aliphatic heterocycles. The van der Waals surface area contributed by atoms with Gasteiger partial charge in [0.15, 0.2) is 0 Å². The second kappa shape index (κ2) is 3.70. The zero-order valence-electron chi connectivity index (χ0n) is 10.0. The number of aliphatic hydroxyl groups is 1. The van der Waals surface area contributed by atoms with E-state index in [2.05, 4.69) is 24.0 Å². The van der Waals surface area contributed by atoms with Crippen molar-refractivity contribution in [1.82, 2.24) is 4.98 Å². The predicted molar refractivity (Wildman–Crippen MR) is 66.4 cm³/mol. The third-order valence-electron chi connectivity index (χ3n) is 3.32. The molecular weight excluding hydrogens is 214 g/mol. The van der Waals surface area contributed by atoms with E-state index in [0.717, 1.165) is 34.3 Å². The van der Waals surface area contributed by atoms with Crippen molar-refractivity contribution in [3.8, 4) is 5.75 Å². The number of nitrogens with zero attached hydrogens (tertiary/aromatic N) is 1. The van der Waals surface area contributed by atoms with E-state index in [4.69, 9.17) is 4.74 Å². The Kier molecular flexibility index (Phi) is 2.30. The molecule has 0 saturated carbocycles. The van der Waals surface area contributed by atoms with Crippen molar-refractivity contribution in [2.75, 3.05) is 6.61 Å². The van der Waals surface area contributed by atoms with E-state index in [1.165, 1.54) is 5.56 Å². The van der Waals surface area contributed by atoms with Crippen LogP contribution < -0.4 is 4.74 Å². The molecule has 0 unspecified atom stereocenters. The second-order valence-electron chi connectivity index (χ2n) is 4.65. The summed E-state index contributed by atoms with van der Waals surface area (Å²) in [5, 5.41) is 10.3. The molecule has 88 valence electrons. The summed E-state index contributed by atoms with van der Waals surface area (Å²) in [5.41, 5.74) is 4.31. The molecule has 3 rings (SSSR count). The second-order valence-corrected chi connectivity index (χ2v) is 4.65. The molecule has 0 aliphatic carbocycles. The fourth-order valence-electron chi connectivity index (χ4n) is 2.42. The van der Waals surface area contributed by atoms with Crippen LogP contribution in [0.1, 0.15) is 16.8 Å². The lowest BCUT2D eigenvalue weighted by Gasteiger charge is -2.09. The van der Waals surface area contributed by atoms with Crippen LogP contribution in [-0.2, 0) is 6.42 Å². The standard InChI is InChI=1S/C14H15NO2/c1-8-3-4-13-12(5-8)14-11(9(2)15-13)6-10(7-16)17-14/h3-5,10,16H,6-7H2,1-2H3/t10-/m0/s1. The third-order valence-corrected chi connectivity index (χ3v) is 3.32. The van der Waals surface area contributed by atoms with Gasteiger partial charge in [-0.2, -0.15) is 0 Å². The number of aromatic nitrogens is 1.